The highest BCUT2D eigenvalue weighted by molar-refractivity contribution is 5.90. The first-order valence-corrected chi connectivity index (χ1v) is 8.34. The first-order valence-electron chi connectivity index (χ1n) is 8.34. The molecule has 0 unspecified atom stereocenters. The second-order valence-corrected chi connectivity index (χ2v) is 5.90. The zero-order chi connectivity index (χ0) is 18.2. The minimum absolute atomic E-state index is 0.0847. The second kappa shape index (κ2) is 8.88. The molecule has 0 fully saturated rings. The molecule has 0 saturated carbocycles. The number of allylic oxidation sites excluding steroid dienone is 2. The summed E-state index contributed by atoms with van der Waals surface area (Å²) in [5.41, 5.74) is 3.58. The quantitative estimate of drug-likeness (QED) is 0.383. The molecule has 2 rings (SSSR count). The molecule has 25 heavy (non-hydrogen) atoms. The van der Waals surface area contributed by atoms with Crippen molar-refractivity contribution in [1.82, 2.24) is 0 Å². The molecule has 0 aliphatic rings. The van der Waals surface area contributed by atoms with Crippen molar-refractivity contribution < 1.29 is 14.3 Å². The molecule has 0 heterocycles. The van der Waals surface area contributed by atoms with Gasteiger partial charge in [0.2, 0.25) is 0 Å². The summed E-state index contributed by atoms with van der Waals surface area (Å²) in [6.07, 6.45) is 3.31. The number of carbonyl (C=O) groups is 1. The Morgan fingerprint density at radius 2 is 1.68 bits per heavy atom. The predicted octanol–water partition coefficient (Wildman–Crippen LogP) is 5.74. The van der Waals surface area contributed by atoms with Crippen LogP contribution < -0.4 is 0 Å². The van der Waals surface area contributed by atoms with Crippen molar-refractivity contribution in [2.75, 3.05) is 0 Å². The molecule has 0 saturated heterocycles. The van der Waals surface area contributed by atoms with Crippen molar-refractivity contribution in [2.24, 2.45) is 0 Å². The Bertz CT molecular complexity index is 756. The van der Waals surface area contributed by atoms with E-state index in [4.69, 9.17) is 9.47 Å². The van der Waals surface area contributed by atoms with E-state index < -0.39 is 0 Å². The topological polar surface area (TPSA) is 35.5 Å². The zero-order valence-corrected chi connectivity index (χ0v) is 15.2. The fraction of sp³-hybridized carbons (Fsp3) is 0.227. The Morgan fingerprint density at radius 1 is 1.04 bits per heavy atom. The number of rotatable bonds is 6. The largest absolute Gasteiger partial charge is 0.493 e. The molecule has 2 aromatic carbocycles. The molecule has 0 N–H and O–H groups in total. The maximum Gasteiger partial charge on any atom is 0.343 e. The third-order valence-corrected chi connectivity index (χ3v) is 3.86. The van der Waals surface area contributed by atoms with Gasteiger partial charge in [-0.25, -0.2) is 4.79 Å². The molecule has 0 aliphatic heterocycles. The highest BCUT2D eigenvalue weighted by Crippen LogP contribution is 2.20. The van der Waals surface area contributed by atoms with E-state index in [1.54, 1.807) is 36.6 Å². The average molecular weight is 336 g/mol. The van der Waals surface area contributed by atoms with Crippen LogP contribution >= 0.6 is 0 Å². The van der Waals surface area contributed by atoms with E-state index in [1.165, 1.54) is 5.56 Å². The van der Waals surface area contributed by atoms with Crippen molar-refractivity contribution in [3.8, 4) is 0 Å². The van der Waals surface area contributed by atoms with E-state index in [1.807, 2.05) is 26.8 Å². The Kier molecular flexibility index (Phi) is 6.58. The van der Waals surface area contributed by atoms with Crippen LogP contribution in [0.3, 0.4) is 0 Å². The van der Waals surface area contributed by atoms with Gasteiger partial charge in [0.1, 0.15) is 11.9 Å². The van der Waals surface area contributed by atoms with Crippen LogP contribution in [0.1, 0.15) is 48.4 Å². The highest BCUT2D eigenvalue weighted by Gasteiger charge is 2.12. The van der Waals surface area contributed by atoms with Crippen LogP contribution in [0.25, 0.3) is 0 Å². The van der Waals surface area contributed by atoms with E-state index in [-0.39, 0.29) is 12.1 Å². The third-order valence-electron chi connectivity index (χ3n) is 3.86. The molecule has 1 atom stereocenters. The van der Waals surface area contributed by atoms with Gasteiger partial charge in [0.05, 0.1) is 11.8 Å². The molecule has 3 nitrogen and oxygen atoms in total. The lowest BCUT2D eigenvalue weighted by molar-refractivity contribution is 0.0629. The van der Waals surface area contributed by atoms with Gasteiger partial charge in [0.15, 0.2) is 0 Å². The van der Waals surface area contributed by atoms with Crippen LogP contribution in [0.2, 0.25) is 0 Å². The molecule has 0 aliphatic carbocycles. The molecular weight excluding hydrogens is 312 g/mol. The van der Waals surface area contributed by atoms with E-state index >= 15 is 0 Å². The summed E-state index contributed by atoms with van der Waals surface area (Å²) in [6, 6.07) is 17.1. The van der Waals surface area contributed by atoms with Gasteiger partial charge >= 0.3 is 5.97 Å². The van der Waals surface area contributed by atoms with Crippen LogP contribution in [0.4, 0.5) is 0 Å². The van der Waals surface area contributed by atoms with Gasteiger partial charge in [-0.15, -0.1) is 0 Å². The van der Waals surface area contributed by atoms with Gasteiger partial charge in [-0.05, 0) is 51.5 Å². The molecule has 0 spiro atoms. The Labute approximate surface area is 149 Å². The summed E-state index contributed by atoms with van der Waals surface area (Å²) >= 11 is 0. The number of benzene rings is 2. The highest BCUT2D eigenvalue weighted by atomic mass is 16.5. The fourth-order valence-corrected chi connectivity index (χ4v) is 2.28. The van der Waals surface area contributed by atoms with Crippen LogP contribution in [-0.4, -0.2) is 5.97 Å². The van der Waals surface area contributed by atoms with Gasteiger partial charge in [-0.2, -0.15) is 0 Å². The number of aryl methyl sites for hydroxylation is 1. The minimum Gasteiger partial charge on any atom is -0.493 e. The third kappa shape index (κ3) is 5.35. The Morgan fingerprint density at radius 3 is 2.28 bits per heavy atom. The number of hydrogen-bond acceptors (Lipinski definition) is 3. The summed E-state index contributed by atoms with van der Waals surface area (Å²) < 4.78 is 11.3. The van der Waals surface area contributed by atoms with E-state index in [0.717, 1.165) is 11.1 Å². The first-order chi connectivity index (χ1) is 12.0. The normalized spacial score (nSPS) is 13.3. The SMILES string of the molecule is C/C=C(OC(=O)c1ccccc1)/C(C)=C/O[C@H](C)c1ccc(C)cc1. The van der Waals surface area contributed by atoms with Crippen LogP contribution in [-0.2, 0) is 9.47 Å². The standard InChI is InChI=1S/C22H24O3/c1-5-21(25-22(23)20-9-7-6-8-10-20)17(3)15-24-18(4)19-13-11-16(2)12-14-19/h5-15,18H,1-4H3/b17-15+,21-5-/t18-/m1/s1. The number of ether oxygens (including phenoxy) is 2. The van der Waals surface area contributed by atoms with Gasteiger partial charge < -0.3 is 9.47 Å². The van der Waals surface area contributed by atoms with Gasteiger partial charge in [0, 0.05) is 5.57 Å². The van der Waals surface area contributed by atoms with Crippen molar-refractivity contribution in [3.63, 3.8) is 0 Å². The molecule has 0 bridgehead atoms. The molecule has 0 radical (unpaired) electrons. The fourth-order valence-electron chi connectivity index (χ4n) is 2.28. The minimum atomic E-state index is -0.381. The summed E-state index contributed by atoms with van der Waals surface area (Å²) in [5, 5.41) is 0. The van der Waals surface area contributed by atoms with Crippen molar-refractivity contribution in [2.45, 2.75) is 33.8 Å². The number of carbonyl (C=O) groups excluding carboxylic acids is 1. The van der Waals surface area contributed by atoms with Gasteiger partial charge in [-0.1, -0.05) is 48.0 Å². The van der Waals surface area contributed by atoms with Crippen LogP contribution in [0, 0.1) is 6.92 Å². The smallest absolute Gasteiger partial charge is 0.343 e. The first kappa shape index (κ1) is 18.5. The summed E-state index contributed by atoms with van der Waals surface area (Å²) in [7, 11) is 0. The predicted molar refractivity (Wildman–Crippen MR) is 100 cm³/mol. The van der Waals surface area contributed by atoms with Crippen LogP contribution in [0.15, 0.2) is 78.3 Å². The maximum atomic E-state index is 12.2. The molecule has 0 amide bonds. The van der Waals surface area contributed by atoms with E-state index in [2.05, 4.69) is 31.2 Å². The zero-order valence-electron chi connectivity index (χ0n) is 15.2. The maximum absolute atomic E-state index is 12.2. The second-order valence-electron chi connectivity index (χ2n) is 5.90. The van der Waals surface area contributed by atoms with Crippen molar-refractivity contribution in [1.29, 1.82) is 0 Å². The van der Waals surface area contributed by atoms with Crippen molar-refractivity contribution in [3.05, 3.63) is 95.0 Å². The Hall–Kier alpha value is -2.81. The monoisotopic (exact) mass is 336 g/mol. The lowest BCUT2D eigenvalue weighted by Gasteiger charge is -2.14. The van der Waals surface area contributed by atoms with Crippen LogP contribution in [0.5, 0.6) is 0 Å². The lowest BCUT2D eigenvalue weighted by atomic mass is 10.1. The van der Waals surface area contributed by atoms with E-state index in [0.29, 0.717) is 11.3 Å². The Balaban J connectivity index is 2.01. The molecule has 2 aromatic rings. The lowest BCUT2D eigenvalue weighted by Crippen LogP contribution is -2.06. The van der Waals surface area contributed by atoms with Gasteiger partial charge in [0.25, 0.3) is 0 Å². The summed E-state index contributed by atoms with van der Waals surface area (Å²) in [4.78, 5) is 12.2. The van der Waals surface area contributed by atoms with Crippen molar-refractivity contribution >= 4 is 5.97 Å². The number of hydrogen-bond donors (Lipinski definition) is 0. The van der Waals surface area contributed by atoms with E-state index in [9.17, 15) is 4.79 Å². The molecule has 3 heteroatoms. The molecule has 0 aromatic heterocycles. The van der Waals surface area contributed by atoms with Gasteiger partial charge in [-0.3, -0.25) is 0 Å². The average Bonchev–Trinajstić information content (AvgIpc) is 2.65. The number of esters is 1. The summed E-state index contributed by atoms with van der Waals surface area (Å²) in [6.45, 7) is 7.72. The molecular formula is C22H24O3. The molecule has 130 valence electrons. The summed E-state index contributed by atoms with van der Waals surface area (Å²) in [5.74, 6) is 0.109.